The maximum absolute atomic E-state index is 12.6. The van der Waals surface area contributed by atoms with Crippen LogP contribution in [0.5, 0.6) is 0 Å². The standard InChI is InChI=1S/C13H13ClF3NO3/c1-12(2,11(20)21)6-18-10(19)7-3-8(13(15,16)17)5-9(14)4-7/h3-5H,6H2,1-2H3,(H,18,19)(H,20,21). The minimum absolute atomic E-state index is 0.227. The van der Waals surface area contributed by atoms with E-state index in [0.717, 1.165) is 6.07 Å². The number of carbonyl (C=O) groups excluding carboxylic acids is 1. The average Bonchev–Trinajstić information content (AvgIpc) is 2.34. The molecule has 8 heteroatoms. The van der Waals surface area contributed by atoms with Crippen LogP contribution in [-0.4, -0.2) is 23.5 Å². The van der Waals surface area contributed by atoms with Crippen molar-refractivity contribution >= 4 is 23.5 Å². The number of carboxylic acids is 1. The molecule has 0 aliphatic heterocycles. The lowest BCUT2D eigenvalue weighted by Gasteiger charge is -2.19. The molecule has 0 radical (unpaired) electrons. The second-order valence-electron chi connectivity index (χ2n) is 5.10. The van der Waals surface area contributed by atoms with Gasteiger partial charge in [-0.15, -0.1) is 0 Å². The van der Waals surface area contributed by atoms with Gasteiger partial charge in [0.05, 0.1) is 11.0 Å². The number of amides is 1. The predicted octanol–water partition coefficient (Wildman–Crippen LogP) is 3.20. The fourth-order valence-corrected chi connectivity index (χ4v) is 1.60. The Balaban J connectivity index is 2.94. The number of alkyl halides is 3. The summed E-state index contributed by atoms with van der Waals surface area (Å²) in [5, 5.41) is 10.9. The zero-order valence-electron chi connectivity index (χ0n) is 11.2. The molecule has 2 N–H and O–H groups in total. The first-order chi connectivity index (χ1) is 9.43. The minimum Gasteiger partial charge on any atom is -0.481 e. The Kier molecular flexibility index (Phi) is 4.88. The molecule has 1 rings (SSSR count). The van der Waals surface area contributed by atoms with E-state index in [1.54, 1.807) is 0 Å². The van der Waals surface area contributed by atoms with Gasteiger partial charge in [-0.1, -0.05) is 11.6 Å². The molecule has 1 amide bonds. The highest BCUT2D eigenvalue weighted by Crippen LogP contribution is 2.31. The van der Waals surface area contributed by atoms with Gasteiger partial charge in [0.25, 0.3) is 5.91 Å². The number of carbonyl (C=O) groups is 2. The molecule has 1 aromatic carbocycles. The molecule has 0 aliphatic rings. The van der Waals surface area contributed by atoms with Crippen molar-refractivity contribution in [2.24, 2.45) is 5.41 Å². The molecule has 21 heavy (non-hydrogen) atoms. The van der Waals surface area contributed by atoms with Crippen molar-refractivity contribution in [3.05, 3.63) is 34.3 Å². The number of benzene rings is 1. The van der Waals surface area contributed by atoms with Crippen LogP contribution in [-0.2, 0) is 11.0 Å². The van der Waals surface area contributed by atoms with E-state index in [4.69, 9.17) is 16.7 Å². The van der Waals surface area contributed by atoms with Gasteiger partial charge in [0.1, 0.15) is 0 Å². The van der Waals surface area contributed by atoms with Crippen LogP contribution in [0.2, 0.25) is 5.02 Å². The Bertz CT molecular complexity index is 570. The summed E-state index contributed by atoms with van der Waals surface area (Å²) in [7, 11) is 0. The van der Waals surface area contributed by atoms with Crippen LogP contribution in [0.3, 0.4) is 0 Å². The van der Waals surface area contributed by atoms with Crippen LogP contribution >= 0.6 is 11.6 Å². The largest absolute Gasteiger partial charge is 0.481 e. The molecule has 1 aromatic rings. The van der Waals surface area contributed by atoms with E-state index in [1.165, 1.54) is 13.8 Å². The number of carboxylic acid groups (broad SMARTS) is 1. The van der Waals surface area contributed by atoms with Gasteiger partial charge in [-0.2, -0.15) is 13.2 Å². The Morgan fingerprint density at radius 2 is 1.81 bits per heavy atom. The van der Waals surface area contributed by atoms with Crippen LogP contribution in [0.1, 0.15) is 29.8 Å². The summed E-state index contributed by atoms with van der Waals surface area (Å²) in [4.78, 5) is 22.7. The highest BCUT2D eigenvalue weighted by atomic mass is 35.5. The Labute approximate surface area is 123 Å². The van der Waals surface area contributed by atoms with Crippen LogP contribution in [0.15, 0.2) is 18.2 Å². The Morgan fingerprint density at radius 3 is 2.29 bits per heavy atom. The van der Waals surface area contributed by atoms with Gasteiger partial charge in [-0.25, -0.2) is 0 Å². The Morgan fingerprint density at radius 1 is 1.24 bits per heavy atom. The third-order valence-corrected chi connectivity index (χ3v) is 2.98. The van der Waals surface area contributed by atoms with E-state index in [-0.39, 0.29) is 17.1 Å². The number of hydrogen-bond acceptors (Lipinski definition) is 2. The normalized spacial score (nSPS) is 12.1. The van der Waals surface area contributed by atoms with Crippen LogP contribution in [0.25, 0.3) is 0 Å². The third-order valence-electron chi connectivity index (χ3n) is 2.76. The molecule has 0 aliphatic carbocycles. The van der Waals surface area contributed by atoms with E-state index in [2.05, 4.69) is 5.32 Å². The lowest BCUT2D eigenvalue weighted by molar-refractivity contribution is -0.146. The highest BCUT2D eigenvalue weighted by Gasteiger charge is 2.32. The second kappa shape index (κ2) is 5.93. The summed E-state index contributed by atoms with van der Waals surface area (Å²) in [6, 6.07) is 2.45. The Hall–Kier alpha value is -1.76. The zero-order chi connectivity index (χ0) is 16.4. The average molecular weight is 324 g/mol. The van der Waals surface area contributed by atoms with Gasteiger partial charge in [-0.3, -0.25) is 9.59 Å². The maximum atomic E-state index is 12.6. The van der Waals surface area contributed by atoms with Gasteiger partial charge in [-0.05, 0) is 32.0 Å². The summed E-state index contributed by atoms with van der Waals surface area (Å²) in [6.45, 7) is 2.54. The summed E-state index contributed by atoms with van der Waals surface area (Å²) >= 11 is 5.57. The van der Waals surface area contributed by atoms with E-state index in [0.29, 0.717) is 12.1 Å². The van der Waals surface area contributed by atoms with Gasteiger partial charge >= 0.3 is 12.1 Å². The molecule has 0 saturated carbocycles. The smallest absolute Gasteiger partial charge is 0.416 e. The fraction of sp³-hybridized carbons (Fsp3) is 0.385. The summed E-state index contributed by atoms with van der Waals surface area (Å²) in [5.74, 6) is -1.96. The van der Waals surface area contributed by atoms with Crippen molar-refractivity contribution in [1.29, 1.82) is 0 Å². The van der Waals surface area contributed by atoms with Crippen molar-refractivity contribution < 1.29 is 27.9 Å². The lowest BCUT2D eigenvalue weighted by atomic mass is 9.94. The summed E-state index contributed by atoms with van der Waals surface area (Å²) in [6.07, 6.45) is -4.62. The van der Waals surface area contributed by atoms with E-state index >= 15 is 0 Å². The predicted molar refractivity (Wildman–Crippen MR) is 70.2 cm³/mol. The molecule has 0 atom stereocenters. The number of aliphatic carboxylic acids is 1. The van der Waals surface area contributed by atoms with Crippen molar-refractivity contribution in [3.8, 4) is 0 Å². The minimum atomic E-state index is -4.62. The van der Waals surface area contributed by atoms with Gasteiger partial charge in [0.2, 0.25) is 0 Å². The number of nitrogens with one attached hydrogen (secondary N) is 1. The summed E-state index contributed by atoms with van der Waals surface area (Å²) in [5.41, 5.74) is -2.56. The van der Waals surface area contributed by atoms with Crippen molar-refractivity contribution in [3.63, 3.8) is 0 Å². The molecule has 0 fully saturated rings. The van der Waals surface area contributed by atoms with Crippen molar-refractivity contribution in [2.45, 2.75) is 20.0 Å². The maximum Gasteiger partial charge on any atom is 0.416 e. The van der Waals surface area contributed by atoms with Crippen molar-refractivity contribution in [2.75, 3.05) is 6.54 Å². The lowest BCUT2D eigenvalue weighted by Crippen LogP contribution is -2.38. The molecule has 0 unspecified atom stereocenters. The molecule has 0 saturated heterocycles. The summed E-state index contributed by atoms with van der Waals surface area (Å²) < 4.78 is 37.9. The molecule has 0 heterocycles. The van der Waals surface area contributed by atoms with Gasteiger partial charge < -0.3 is 10.4 Å². The van der Waals surface area contributed by atoms with Crippen LogP contribution in [0, 0.1) is 5.41 Å². The first kappa shape index (κ1) is 17.3. The zero-order valence-corrected chi connectivity index (χ0v) is 12.0. The number of halogens is 4. The van der Waals surface area contributed by atoms with Gasteiger partial charge in [0, 0.05) is 17.1 Å². The van der Waals surface area contributed by atoms with Crippen LogP contribution < -0.4 is 5.32 Å². The SMILES string of the molecule is CC(C)(CNC(=O)c1cc(Cl)cc(C(F)(F)F)c1)C(=O)O. The molecule has 0 bridgehead atoms. The van der Waals surface area contributed by atoms with E-state index in [9.17, 15) is 22.8 Å². The van der Waals surface area contributed by atoms with E-state index < -0.39 is 29.0 Å². The number of rotatable bonds is 4. The molecule has 116 valence electrons. The van der Waals surface area contributed by atoms with Gasteiger partial charge in [0.15, 0.2) is 0 Å². The topological polar surface area (TPSA) is 66.4 Å². The van der Waals surface area contributed by atoms with Crippen LogP contribution in [0.4, 0.5) is 13.2 Å². The first-order valence-electron chi connectivity index (χ1n) is 5.83. The quantitative estimate of drug-likeness (QED) is 0.894. The molecule has 0 spiro atoms. The fourth-order valence-electron chi connectivity index (χ4n) is 1.36. The molecule has 0 aromatic heterocycles. The number of hydrogen-bond donors (Lipinski definition) is 2. The molecular formula is C13H13ClF3NO3. The molecular weight excluding hydrogens is 311 g/mol. The van der Waals surface area contributed by atoms with E-state index in [1.807, 2.05) is 0 Å². The van der Waals surface area contributed by atoms with Crippen molar-refractivity contribution in [1.82, 2.24) is 5.32 Å². The highest BCUT2D eigenvalue weighted by molar-refractivity contribution is 6.31. The molecule has 4 nitrogen and oxygen atoms in total. The monoisotopic (exact) mass is 323 g/mol. The second-order valence-corrected chi connectivity index (χ2v) is 5.53. The first-order valence-corrected chi connectivity index (χ1v) is 6.20. The third kappa shape index (κ3) is 4.63.